The maximum atomic E-state index is 12.8. The molecule has 0 saturated carbocycles. The van der Waals surface area contributed by atoms with E-state index in [1.165, 1.54) is 0 Å². The van der Waals surface area contributed by atoms with Crippen molar-refractivity contribution >= 4 is 39.1 Å². The summed E-state index contributed by atoms with van der Waals surface area (Å²) in [5.41, 5.74) is 2.80. The third-order valence-electron chi connectivity index (χ3n) is 4.70. The van der Waals surface area contributed by atoms with Crippen molar-refractivity contribution in [1.82, 2.24) is 0 Å². The van der Waals surface area contributed by atoms with Crippen molar-refractivity contribution in [2.45, 2.75) is 19.6 Å². The third kappa shape index (κ3) is 4.17. The molecule has 1 aliphatic rings. The molecule has 5 nitrogen and oxygen atoms in total. The van der Waals surface area contributed by atoms with Crippen LogP contribution in [0.3, 0.4) is 0 Å². The molecule has 0 radical (unpaired) electrons. The number of benzene rings is 3. The quantitative estimate of drug-likeness (QED) is 0.607. The minimum atomic E-state index is -0.562. The molecule has 3 aromatic carbocycles. The van der Waals surface area contributed by atoms with Gasteiger partial charge in [0.2, 0.25) is 0 Å². The molecule has 0 saturated heterocycles. The van der Waals surface area contributed by atoms with Gasteiger partial charge in [0, 0.05) is 15.7 Å². The van der Waals surface area contributed by atoms with E-state index in [1.807, 2.05) is 36.4 Å². The molecule has 4 rings (SSSR count). The van der Waals surface area contributed by atoms with E-state index in [0.29, 0.717) is 29.2 Å². The number of halogens is 1. The Bertz CT molecular complexity index is 1070. The first-order valence-corrected chi connectivity index (χ1v) is 10.0. The Morgan fingerprint density at radius 1 is 1.07 bits per heavy atom. The summed E-state index contributed by atoms with van der Waals surface area (Å²) in [4.78, 5) is 27.1. The minimum Gasteiger partial charge on any atom is -0.479 e. The van der Waals surface area contributed by atoms with Gasteiger partial charge in [0.05, 0.1) is 12.2 Å². The highest BCUT2D eigenvalue weighted by atomic mass is 79.9. The highest BCUT2D eigenvalue weighted by Crippen LogP contribution is 2.37. The molecular formula is C23H19BrN2O3. The van der Waals surface area contributed by atoms with Gasteiger partial charge >= 0.3 is 0 Å². The Morgan fingerprint density at radius 2 is 1.86 bits per heavy atom. The van der Waals surface area contributed by atoms with Gasteiger partial charge in [-0.3, -0.25) is 9.59 Å². The molecule has 0 bridgehead atoms. The van der Waals surface area contributed by atoms with E-state index in [-0.39, 0.29) is 11.8 Å². The fourth-order valence-corrected chi connectivity index (χ4v) is 3.65. The molecular weight excluding hydrogens is 432 g/mol. The molecule has 1 N–H and O–H groups in total. The van der Waals surface area contributed by atoms with Gasteiger partial charge in [0.1, 0.15) is 5.75 Å². The summed E-state index contributed by atoms with van der Waals surface area (Å²) < 4.78 is 6.59. The van der Waals surface area contributed by atoms with E-state index in [2.05, 4.69) is 21.2 Å². The number of amides is 2. The Morgan fingerprint density at radius 3 is 2.62 bits per heavy atom. The zero-order valence-electron chi connectivity index (χ0n) is 15.8. The number of rotatable bonds is 4. The topological polar surface area (TPSA) is 58.6 Å². The first kappa shape index (κ1) is 19.2. The Balaban J connectivity index is 1.63. The highest BCUT2D eigenvalue weighted by Gasteiger charge is 2.31. The second-order valence-electron chi connectivity index (χ2n) is 6.82. The first-order valence-electron chi connectivity index (χ1n) is 9.24. The fourth-order valence-electron chi connectivity index (χ4n) is 3.25. The van der Waals surface area contributed by atoms with Crippen LogP contribution in [0.25, 0.3) is 0 Å². The molecule has 0 fully saturated rings. The number of carbonyl (C=O) groups is 2. The normalized spacial score (nSPS) is 15.4. The number of nitrogens with one attached hydrogen (secondary N) is 1. The predicted molar refractivity (Wildman–Crippen MR) is 116 cm³/mol. The molecule has 0 aromatic heterocycles. The summed E-state index contributed by atoms with van der Waals surface area (Å²) in [5.74, 6) is 0.280. The van der Waals surface area contributed by atoms with Gasteiger partial charge in [0.25, 0.3) is 11.8 Å². The van der Waals surface area contributed by atoms with Gasteiger partial charge in [-0.15, -0.1) is 0 Å². The zero-order chi connectivity index (χ0) is 20.4. The molecule has 1 unspecified atom stereocenters. The van der Waals surface area contributed by atoms with E-state index in [4.69, 9.17) is 4.74 Å². The lowest BCUT2D eigenvalue weighted by atomic mass is 10.1. The van der Waals surface area contributed by atoms with Crippen molar-refractivity contribution in [3.8, 4) is 5.75 Å². The van der Waals surface area contributed by atoms with Gasteiger partial charge in [0.15, 0.2) is 6.10 Å². The van der Waals surface area contributed by atoms with Gasteiger partial charge in [-0.05, 0) is 48.9 Å². The summed E-state index contributed by atoms with van der Waals surface area (Å²) >= 11 is 3.38. The van der Waals surface area contributed by atoms with Crippen LogP contribution in [0, 0.1) is 0 Å². The van der Waals surface area contributed by atoms with Crippen LogP contribution in [0.1, 0.15) is 22.8 Å². The SMILES string of the molecule is CC1Oc2ccc(NC(=O)c3cccc(Br)c3)cc2N(Cc2ccccc2)C1=O. The molecule has 146 valence electrons. The van der Waals surface area contributed by atoms with Gasteiger partial charge in [-0.25, -0.2) is 0 Å². The van der Waals surface area contributed by atoms with E-state index in [0.717, 1.165) is 10.0 Å². The van der Waals surface area contributed by atoms with E-state index in [1.54, 1.807) is 48.2 Å². The molecule has 1 aliphatic heterocycles. The second kappa shape index (κ2) is 8.09. The van der Waals surface area contributed by atoms with Crippen LogP contribution in [-0.2, 0) is 11.3 Å². The molecule has 29 heavy (non-hydrogen) atoms. The Labute approximate surface area is 177 Å². The van der Waals surface area contributed by atoms with Gasteiger partial charge in [-0.2, -0.15) is 0 Å². The number of carbonyl (C=O) groups excluding carboxylic acids is 2. The highest BCUT2D eigenvalue weighted by molar-refractivity contribution is 9.10. The second-order valence-corrected chi connectivity index (χ2v) is 7.73. The van der Waals surface area contributed by atoms with Crippen molar-refractivity contribution in [2.75, 3.05) is 10.2 Å². The van der Waals surface area contributed by atoms with E-state index >= 15 is 0 Å². The number of anilines is 2. The predicted octanol–water partition coefficient (Wildman–Crippen LogP) is 5.02. The molecule has 1 atom stereocenters. The van der Waals surface area contributed by atoms with Gasteiger partial charge < -0.3 is 15.0 Å². The lowest BCUT2D eigenvalue weighted by Gasteiger charge is -2.33. The van der Waals surface area contributed by atoms with Crippen molar-refractivity contribution in [3.63, 3.8) is 0 Å². The number of ether oxygens (including phenoxy) is 1. The average molecular weight is 451 g/mol. The smallest absolute Gasteiger partial charge is 0.268 e. The fraction of sp³-hybridized carbons (Fsp3) is 0.130. The molecule has 3 aromatic rings. The number of hydrogen-bond acceptors (Lipinski definition) is 3. The summed E-state index contributed by atoms with van der Waals surface area (Å²) in [7, 11) is 0. The van der Waals surface area contributed by atoms with Crippen LogP contribution >= 0.6 is 15.9 Å². The van der Waals surface area contributed by atoms with Crippen LogP contribution in [0.5, 0.6) is 5.75 Å². The third-order valence-corrected chi connectivity index (χ3v) is 5.19. The summed E-state index contributed by atoms with van der Waals surface area (Å²) in [6.45, 7) is 2.18. The van der Waals surface area contributed by atoms with Crippen molar-refractivity contribution in [3.05, 3.63) is 88.4 Å². The Kier molecular flexibility index (Phi) is 5.36. The van der Waals surface area contributed by atoms with E-state index in [9.17, 15) is 9.59 Å². The van der Waals surface area contributed by atoms with Gasteiger partial charge in [-0.1, -0.05) is 52.3 Å². The van der Waals surface area contributed by atoms with Crippen LogP contribution < -0.4 is 15.0 Å². The molecule has 0 aliphatic carbocycles. The standard InChI is InChI=1S/C23H19BrN2O3/c1-15-23(28)26(14-16-6-3-2-4-7-16)20-13-19(10-11-21(20)29-15)25-22(27)17-8-5-9-18(24)12-17/h2-13,15H,14H2,1H3,(H,25,27). The largest absolute Gasteiger partial charge is 0.479 e. The Hall–Kier alpha value is -3.12. The first-order chi connectivity index (χ1) is 14.0. The van der Waals surface area contributed by atoms with Crippen molar-refractivity contribution < 1.29 is 14.3 Å². The molecule has 1 heterocycles. The number of hydrogen-bond donors (Lipinski definition) is 1. The number of fused-ring (bicyclic) bond motifs is 1. The van der Waals surface area contributed by atoms with Crippen LogP contribution in [0.2, 0.25) is 0 Å². The van der Waals surface area contributed by atoms with Crippen molar-refractivity contribution in [1.29, 1.82) is 0 Å². The number of nitrogens with zero attached hydrogens (tertiary/aromatic N) is 1. The van der Waals surface area contributed by atoms with Crippen molar-refractivity contribution in [2.24, 2.45) is 0 Å². The summed E-state index contributed by atoms with van der Waals surface area (Å²) in [6, 6.07) is 22.3. The zero-order valence-corrected chi connectivity index (χ0v) is 17.3. The monoisotopic (exact) mass is 450 g/mol. The van der Waals surface area contributed by atoms with Crippen LogP contribution in [0.4, 0.5) is 11.4 Å². The van der Waals surface area contributed by atoms with E-state index < -0.39 is 6.10 Å². The molecule has 6 heteroatoms. The van der Waals surface area contributed by atoms with Crippen LogP contribution in [-0.4, -0.2) is 17.9 Å². The summed E-state index contributed by atoms with van der Waals surface area (Å²) in [5, 5.41) is 2.89. The lowest BCUT2D eigenvalue weighted by molar-refractivity contribution is -0.125. The maximum Gasteiger partial charge on any atom is 0.268 e. The minimum absolute atomic E-state index is 0.114. The molecule has 2 amide bonds. The maximum absolute atomic E-state index is 12.8. The molecule has 0 spiro atoms. The average Bonchev–Trinajstić information content (AvgIpc) is 2.72. The summed E-state index contributed by atoms with van der Waals surface area (Å²) in [6.07, 6.45) is -0.562. The lowest BCUT2D eigenvalue weighted by Crippen LogP contribution is -2.44. The van der Waals surface area contributed by atoms with Crippen LogP contribution in [0.15, 0.2) is 77.3 Å².